The first kappa shape index (κ1) is 13.6. The fourth-order valence-electron chi connectivity index (χ4n) is 2.77. The van der Waals surface area contributed by atoms with E-state index < -0.39 is 0 Å². The molecule has 0 bridgehead atoms. The Hall–Kier alpha value is -2.36. The van der Waals surface area contributed by atoms with Crippen molar-refractivity contribution in [1.29, 1.82) is 0 Å². The van der Waals surface area contributed by atoms with Gasteiger partial charge in [0.05, 0.1) is 11.3 Å². The van der Waals surface area contributed by atoms with E-state index in [0.717, 1.165) is 33.5 Å². The van der Waals surface area contributed by atoms with Crippen molar-refractivity contribution in [2.75, 3.05) is 0 Å². The van der Waals surface area contributed by atoms with E-state index in [0.29, 0.717) is 11.3 Å². The summed E-state index contributed by atoms with van der Waals surface area (Å²) in [6.45, 7) is 7.68. The van der Waals surface area contributed by atoms with Crippen molar-refractivity contribution in [3.8, 4) is 0 Å². The molecule has 0 saturated heterocycles. The number of benzene rings is 1. The topological polar surface area (TPSA) is 48.0 Å². The Balaban J connectivity index is 2.20. The highest BCUT2D eigenvalue weighted by Crippen LogP contribution is 2.29. The Bertz CT molecular complexity index is 869. The van der Waals surface area contributed by atoms with Crippen molar-refractivity contribution in [2.24, 2.45) is 7.05 Å². The first-order chi connectivity index (χ1) is 9.90. The number of rotatable bonds is 2. The quantitative estimate of drug-likeness (QED) is 0.674. The number of furan rings is 1. The third-order valence-electron chi connectivity index (χ3n) is 4.04. The molecule has 4 nitrogen and oxygen atoms in total. The van der Waals surface area contributed by atoms with Crippen molar-refractivity contribution < 1.29 is 9.21 Å². The Morgan fingerprint density at radius 2 is 1.90 bits per heavy atom. The molecule has 0 saturated carbocycles. The summed E-state index contributed by atoms with van der Waals surface area (Å²) < 4.78 is 7.56. The minimum atomic E-state index is -0.0931. The second-order valence-corrected chi connectivity index (χ2v) is 5.55. The van der Waals surface area contributed by atoms with Crippen molar-refractivity contribution in [2.45, 2.75) is 27.7 Å². The number of aryl methyl sites for hydroxylation is 4. The van der Waals surface area contributed by atoms with E-state index in [1.165, 1.54) is 0 Å². The second-order valence-electron chi connectivity index (χ2n) is 5.55. The normalized spacial score (nSPS) is 11.3. The number of carbonyl (C=O) groups is 1. The highest BCUT2D eigenvalue weighted by molar-refractivity contribution is 6.11. The van der Waals surface area contributed by atoms with Gasteiger partial charge >= 0.3 is 0 Å². The third-order valence-corrected chi connectivity index (χ3v) is 4.04. The molecule has 0 amide bonds. The van der Waals surface area contributed by atoms with Crippen LogP contribution in [0.15, 0.2) is 22.6 Å². The molecular formula is C17H18N2O2. The van der Waals surface area contributed by atoms with Crippen LogP contribution in [0.2, 0.25) is 0 Å². The van der Waals surface area contributed by atoms with Crippen LogP contribution in [0.4, 0.5) is 0 Å². The van der Waals surface area contributed by atoms with Crippen LogP contribution < -0.4 is 0 Å². The molecule has 0 aliphatic rings. The summed E-state index contributed by atoms with van der Waals surface area (Å²) >= 11 is 0. The van der Waals surface area contributed by atoms with Crippen molar-refractivity contribution >= 4 is 16.8 Å². The smallest absolute Gasteiger partial charge is 0.232 e. The van der Waals surface area contributed by atoms with Gasteiger partial charge in [-0.1, -0.05) is 12.1 Å². The van der Waals surface area contributed by atoms with Crippen LogP contribution in [0.3, 0.4) is 0 Å². The molecule has 2 heterocycles. The van der Waals surface area contributed by atoms with E-state index in [-0.39, 0.29) is 5.78 Å². The van der Waals surface area contributed by atoms with Gasteiger partial charge in [-0.25, -0.2) is 0 Å². The lowest BCUT2D eigenvalue weighted by Gasteiger charge is -2.00. The Kier molecular flexibility index (Phi) is 2.97. The van der Waals surface area contributed by atoms with E-state index in [4.69, 9.17) is 4.42 Å². The molecule has 1 aromatic carbocycles. The van der Waals surface area contributed by atoms with Gasteiger partial charge in [-0.2, -0.15) is 5.10 Å². The molecule has 0 atom stereocenters. The fourth-order valence-corrected chi connectivity index (χ4v) is 2.77. The number of hydrogen-bond acceptors (Lipinski definition) is 3. The SMILES string of the molecule is Cc1ccc2c(C)c(C(=O)c3c(C)nn(C)c3C)oc2c1. The number of fused-ring (bicyclic) bond motifs is 1. The van der Waals surface area contributed by atoms with E-state index in [1.807, 2.05) is 52.9 Å². The summed E-state index contributed by atoms with van der Waals surface area (Å²) in [5.41, 5.74) is 4.98. The van der Waals surface area contributed by atoms with Gasteiger partial charge in [0.1, 0.15) is 5.58 Å². The first-order valence-electron chi connectivity index (χ1n) is 6.94. The summed E-state index contributed by atoms with van der Waals surface area (Å²) in [5, 5.41) is 5.30. The van der Waals surface area contributed by atoms with Gasteiger partial charge in [0.15, 0.2) is 5.76 Å². The Labute approximate surface area is 123 Å². The number of hydrogen-bond donors (Lipinski definition) is 0. The largest absolute Gasteiger partial charge is 0.452 e. The molecule has 3 rings (SSSR count). The molecule has 2 aromatic heterocycles. The molecule has 4 heteroatoms. The molecular weight excluding hydrogens is 264 g/mol. The third kappa shape index (κ3) is 1.98. The van der Waals surface area contributed by atoms with Crippen molar-refractivity contribution in [3.63, 3.8) is 0 Å². The van der Waals surface area contributed by atoms with Crippen LogP contribution in [-0.2, 0) is 7.05 Å². The van der Waals surface area contributed by atoms with Gasteiger partial charge in [-0.3, -0.25) is 9.48 Å². The van der Waals surface area contributed by atoms with Gasteiger partial charge in [0.25, 0.3) is 0 Å². The van der Waals surface area contributed by atoms with E-state index in [2.05, 4.69) is 5.10 Å². The lowest BCUT2D eigenvalue weighted by molar-refractivity contribution is 0.101. The van der Waals surface area contributed by atoms with E-state index in [1.54, 1.807) is 4.68 Å². The van der Waals surface area contributed by atoms with Crippen LogP contribution in [0.25, 0.3) is 11.0 Å². The Morgan fingerprint density at radius 1 is 1.19 bits per heavy atom. The highest BCUT2D eigenvalue weighted by Gasteiger charge is 2.24. The summed E-state index contributed by atoms with van der Waals surface area (Å²) in [4.78, 5) is 12.8. The molecule has 108 valence electrons. The summed E-state index contributed by atoms with van der Waals surface area (Å²) in [6.07, 6.45) is 0. The van der Waals surface area contributed by atoms with E-state index in [9.17, 15) is 4.79 Å². The maximum atomic E-state index is 12.8. The molecule has 0 unspecified atom stereocenters. The van der Waals surface area contributed by atoms with Crippen LogP contribution in [-0.4, -0.2) is 15.6 Å². The zero-order valence-corrected chi connectivity index (χ0v) is 12.9. The number of carbonyl (C=O) groups excluding carboxylic acids is 1. The standard InChI is InChI=1S/C17H18N2O2/c1-9-6-7-13-10(2)17(21-14(13)8-9)16(20)15-11(3)18-19(5)12(15)4/h6-8H,1-5H3. The molecule has 0 N–H and O–H groups in total. The maximum absolute atomic E-state index is 12.8. The molecule has 0 radical (unpaired) electrons. The monoisotopic (exact) mass is 282 g/mol. The average molecular weight is 282 g/mol. The van der Waals surface area contributed by atoms with Gasteiger partial charge in [-0.05, 0) is 39.3 Å². The van der Waals surface area contributed by atoms with Crippen molar-refractivity contribution in [3.05, 3.63) is 52.0 Å². The lowest BCUT2D eigenvalue weighted by Crippen LogP contribution is -2.05. The van der Waals surface area contributed by atoms with Crippen LogP contribution in [0.5, 0.6) is 0 Å². The predicted octanol–water partition coefficient (Wildman–Crippen LogP) is 3.63. The number of ketones is 1. The fraction of sp³-hybridized carbons (Fsp3) is 0.294. The van der Waals surface area contributed by atoms with Crippen molar-refractivity contribution in [1.82, 2.24) is 9.78 Å². The minimum Gasteiger partial charge on any atom is -0.452 e. The van der Waals surface area contributed by atoms with Crippen LogP contribution in [0.1, 0.15) is 38.6 Å². The summed E-state index contributed by atoms with van der Waals surface area (Å²) in [7, 11) is 1.84. The van der Waals surface area contributed by atoms with Gasteiger partial charge in [-0.15, -0.1) is 0 Å². The van der Waals surface area contributed by atoms with Gasteiger partial charge < -0.3 is 4.42 Å². The lowest BCUT2D eigenvalue weighted by atomic mass is 10.0. The minimum absolute atomic E-state index is 0.0931. The number of aromatic nitrogens is 2. The Morgan fingerprint density at radius 3 is 2.52 bits per heavy atom. The first-order valence-corrected chi connectivity index (χ1v) is 6.94. The van der Waals surface area contributed by atoms with E-state index >= 15 is 0 Å². The second kappa shape index (κ2) is 4.58. The highest BCUT2D eigenvalue weighted by atomic mass is 16.3. The molecule has 21 heavy (non-hydrogen) atoms. The molecule has 0 spiro atoms. The van der Waals surface area contributed by atoms with Crippen LogP contribution >= 0.6 is 0 Å². The summed E-state index contributed by atoms with van der Waals surface area (Å²) in [5.74, 6) is 0.319. The van der Waals surface area contributed by atoms with Gasteiger partial charge in [0, 0.05) is 23.7 Å². The predicted molar refractivity (Wildman–Crippen MR) is 81.8 cm³/mol. The molecule has 3 aromatic rings. The zero-order valence-electron chi connectivity index (χ0n) is 12.9. The molecule has 0 aliphatic carbocycles. The number of nitrogens with zero attached hydrogens (tertiary/aromatic N) is 2. The zero-order chi connectivity index (χ0) is 15.3. The average Bonchev–Trinajstić information content (AvgIpc) is 2.87. The van der Waals surface area contributed by atoms with Crippen LogP contribution in [0, 0.1) is 27.7 Å². The summed E-state index contributed by atoms with van der Waals surface area (Å²) in [6, 6.07) is 5.99. The molecule has 0 fully saturated rings. The maximum Gasteiger partial charge on any atom is 0.232 e. The molecule has 0 aliphatic heterocycles. The van der Waals surface area contributed by atoms with Gasteiger partial charge in [0.2, 0.25) is 5.78 Å².